The van der Waals surface area contributed by atoms with Gasteiger partial charge in [-0.1, -0.05) is 34.1 Å². The third-order valence-corrected chi connectivity index (χ3v) is 3.99. The van der Waals surface area contributed by atoms with Crippen LogP contribution in [0, 0.1) is 5.82 Å². The quantitative estimate of drug-likeness (QED) is 0.758. The molecule has 0 aromatic heterocycles. The number of carbonyl (C=O) groups is 1. The SMILES string of the molecule is O=C(Nc1cccc(CBr)c1)c1cccc(F)c1Br. The molecule has 98 valence electrons. The largest absolute Gasteiger partial charge is 0.322 e. The zero-order valence-corrected chi connectivity index (χ0v) is 13.0. The number of alkyl halides is 1. The Bertz CT molecular complexity index is 616. The molecule has 0 spiro atoms. The number of hydrogen-bond donors (Lipinski definition) is 1. The second kappa shape index (κ2) is 6.30. The third-order valence-electron chi connectivity index (χ3n) is 2.54. The van der Waals surface area contributed by atoms with Crippen LogP contribution in [-0.2, 0) is 5.33 Å². The Morgan fingerprint density at radius 1 is 1.21 bits per heavy atom. The molecule has 5 heteroatoms. The summed E-state index contributed by atoms with van der Waals surface area (Å²) in [6.45, 7) is 0. The van der Waals surface area contributed by atoms with Crippen LogP contribution in [0.1, 0.15) is 15.9 Å². The maximum absolute atomic E-state index is 13.4. The molecular formula is C14H10Br2FNO. The highest BCUT2D eigenvalue weighted by atomic mass is 79.9. The van der Waals surface area contributed by atoms with Gasteiger partial charge in [-0.25, -0.2) is 4.39 Å². The second-order valence-corrected chi connectivity index (χ2v) is 5.24. The first-order chi connectivity index (χ1) is 9.11. The number of anilines is 1. The molecule has 0 aliphatic rings. The number of nitrogens with one attached hydrogen (secondary N) is 1. The first-order valence-electron chi connectivity index (χ1n) is 5.52. The molecule has 0 aliphatic heterocycles. The summed E-state index contributed by atoms with van der Waals surface area (Å²) in [5, 5.41) is 3.45. The molecule has 2 aromatic carbocycles. The third kappa shape index (κ3) is 3.42. The molecule has 0 atom stereocenters. The van der Waals surface area contributed by atoms with Crippen molar-refractivity contribution in [1.82, 2.24) is 0 Å². The minimum absolute atomic E-state index is 0.171. The number of amides is 1. The average Bonchev–Trinajstić information content (AvgIpc) is 2.42. The van der Waals surface area contributed by atoms with Crippen LogP contribution in [-0.4, -0.2) is 5.91 Å². The summed E-state index contributed by atoms with van der Waals surface area (Å²) in [6, 6.07) is 11.8. The number of rotatable bonds is 3. The topological polar surface area (TPSA) is 29.1 Å². The van der Waals surface area contributed by atoms with Gasteiger partial charge in [-0.2, -0.15) is 0 Å². The molecule has 19 heavy (non-hydrogen) atoms. The van der Waals surface area contributed by atoms with Gasteiger partial charge in [0, 0.05) is 11.0 Å². The van der Waals surface area contributed by atoms with Gasteiger partial charge in [0.15, 0.2) is 0 Å². The molecule has 0 bridgehead atoms. The lowest BCUT2D eigenvalue weighted by atomic mass is 10.2. The molecule has 1 N–H and O–H groups in total. The summed E-state index contributed by atoms with van der Waals surface area (Å²) in [7, 11) is 0. The summed E-state index contributed by atoms with van der Waals surface area (Å²) >= 11 is 6.43. The van der Waals surface area contributed by atoms with Crippen molar-refractivity contribution in [2.24, 2.45) is 0 Å². The Labute approximate surface area is 127 Å². The van der Waals surface area contributed by atoms with E-state index in [2.05, 4.69) is 37.2 Å². The molecule has 2 rings (SSSR count). The van der Waals surface area contributed by atoms with Crippen molar-refractivity contribution >= 4 is 43.5 Å². The highest BCUT2D eigenvalue weighted by Gasteiger charge is 2.13. The highest BCUT2D eigenvalue weighted by molar-refractivity contribution is 9.10. The molecule has 1 amide bonds. The Hall–Kier alpha value is -1.20. The molecule has 0 fully saturated rings. The molecule has 0 aliphatic carbocycles. The fourth-order valence-electron chi connectivity index (χ4n) is 1.61. The first kappa shape index (κ1) is 14.2. The lowest BCUT2D eigenvalue weighted by Gasteiger charge is -2.08. The van der Waals surface area contributed by atoms with Crippen LogP contribution in [0.4, 0.5) is 10.1 Å². The zero-order valence-electron chi connectivity index (χ0n) is 9.79. The molecule has 2 aromatic rings. The molecule has 0 saturated heterocycles. The van der Waals surface area contributed by atoms with Crippen LogP contribution in [0.15, 0.2) is 46.9 Å². The van der Waals surface area contributed by atoms with Crippen LogP contribution in [0.25, 0.3) is 0 Å². The van der Waals surface area contributed by atoms with Crippen molar-refractivity contribution in [3.05, 3.63) is 63.9 Å². The van der Waals surface area contributed by atoms with E-state index in [4.69, 9.17) is 0 Å². The van der Waals surface area contributed by atoms with Gasteiger partial charge in [-0.15, -0.1) is 0 Å². The van der Waals surface area contributed by atoms with Crippen molar-refractivity contribution in [2.75, 3.05) is 5.32 Å². The van der Waals surface area contributed by atoms with E-state index in [1.807, 2.05) is 18.2 Å². The Morgan fingerprint density at radius 3 is 2.68 bits per heavy atom. The van der Waals surface area contributed by atoms with Crippen molar-refractivity contribution in [2.45, 2.75) is 5.33 Å². The molecule has 0 saturated carbocycles. The smallest absolute Gasteiger partial charge is 0.256 e. The normalized spacial score (nSPS) is 10.3. The molecule has 0 radical (unpaired) electrons. The molecular weight excluding hydrogens is 377 g/mol. The van der Waals surface area contributed by atoms with E-state index in [1.54, 1.807) is 12.1 Å². The minimum Gasteiger partial charge on any atom is -0.322 e. The van der Waals surface area contributed by atoms with E-state index in [0.29, 0.717) is 11.0 Å². The van der Waals surface area contributed by atoms with Crippen LogP contribution >= 0.6 is 31.9 Å². The molecule has 0 unspecified atom stereocenters. The van der Waals surface area contributed by atoms with Gasteiger partial charge in [0.25, 0.3) is 5.91 Å². The lowest BCUT2D eigenvalue weighted by Crippen LogP contribution is -2.13. The van der Waals surface area contributed by atoms with E-state index >= 15 is 0 Å². The van der Waals surface area contributed by atoms with Gasteiger partial charge in [0.05, 0.1) is 10.0 Å². The zero-order chi connectivity index (χ0) is 13.8. The van der Waals surface area contributed by atoms with Crippen molar-refractivity contribution in [3.8, 4) is 0 Å². The first-order valence-corrected chi connectivity index (χ1v) is 7.43. The summed E-state index contributed by atoms with van der Waals surface area (Å²) < 4.78 is 13.5. The van der Waals surface area contributed by atoms with Gasteiger partial charge < -0.3 is 5.32 Å². The number of carbonyl (C=O) groups excluding carboxylic acids is 1. The van der Waals surface area contributed by atoms with Crippen molar-refractivity contribution < 1.29 is 9.18 Å². The Kier molecular flexibility index (Phi) is 4.71. The van der Waals surface area contributed by atoms with Gasteiger partial charge in [-0.3, -0.25) is 4.79 Å². The number of benzene rings is 2. The lowest BCUT2D eigenvalue weighted by molar-refractivity contribution is 0.102. The summed E-state index contributed by atoms with van der Waals surface area (Å²) in [5.74, 6) is -0.806. The highest BCUT2D eigenvalue weighted by Crippen LogP contribution is 2.22. The van der Waals surface area contributed by atoms with Crippen LogP contribution < -0.4 is 5.32 Å². The summed E-state index contributed by atoms with van der Waals surface area (Å²) in [4.78, 5) is 12.1. The average molecular weight is 387 g/mol. The monoisotopic (exact) mass is 385 g/mol. The van der Waals surface area contributed by atoms with Gasteiger partial charge >= 0.3 is 0 Å². The van der Waals surface area contributed by atoms with Gasteiger partial charge in [-0.05, 0) is 45.8 Å². The van der Waals surface area contributed by atoms with E-state index in [1.165, 1.54) is 12.1 Å². The van der Waals surface area contributed by atoms with E-state index in [9.17, 15) is 9.18 Å². The standard InChI is InChI=1S/C14H10Br2FNO/c15-8-9-3-1-4-10(7-9)18-14(19)11-5-2-6-12(17)13(11)16/h1-7H,8H2,(H,18,19). The van der Waals surface area contributed by atoms with Crippen LogP contribution in [0.3, 0.4) is 0 Å². The second-order valence-electron chi connectivity index (χ2n) is 3.89. The number of hydrogen-bond acceptors (Lipinski definition) is 1. The summed E-state index contributed by atoms with van der Waals surface area (Å²) in [6.07, 6.45) is 0. The predicted molar refractivity (Wildman–Crippen MR) is 81.1 cm³/mol. The number of halogens is 3. The Morgan fingerprint density at radius 2 is 1.95 bits per heavy atom. The van der Waals surface area contributed by atoms with Crippen molar-refractivity contribution in [1.29, 1.82) is 0 Å². The fourth-order valence-corrected chi connectivity index (χ4v) is 2.40. The van der Waals surface area contributed by atoms with E-state index in [-0.39, 0.29) is 15.9 Å². The molecule has 2 nitrogen and oxygen atoms in total. The maximum Gasteiger partial charge on any atom is 0.256 e. The minimum atomic E-state index is -0.457. The predicted octanol–water partition coefficient (Wildman–Crippen LogP) is 4.74. The Balaban J connectivity index is 2.23. The van der Waals surface area contributed by atoms with E-state index < -0.39 is 5.82 Å². The maximum atomic E-state index is 13.4. The van der Waals surface area contributed by atoms with Gasteiger partial charge in [0.2, 0.25) is 0 Å². The summed E-state index contributed by atoms with van der Waals surface area (Å²) in [5.41, 5.74) is 2.00. The van der Waals surface area contributed by atoms with E-state index in [0.717, 1.165) is 5.56 Å². The fraction of sp³-hybridized carbons (Fsp3) is 0.0714. The van der Waals surface area contributed by atoms with Crippen LogP contribution in [0.2, 0.25) is 0 Å². The molecule has 0 heterocycles. The van der Waals surface area contributed by atoms with Gasteiger partial charge in [0.1, 0.15) is 5.82 Å². The van der Waals surface area contributed by atoms with Crippen molar-refractivity contribution in [3.63, 3.8) is 0 Å². The van der Waals surface area contributed by atoms with Crippen LogP contribution in [0.5, 0.6) is 0 Å².